The molecule has 0 amide bonds. The summed E-state index contributed by atoms with van der Waals surface area (Å²) >= 11 is 3.50. The molecule has 0 bridgehead atoms. The Hall–Kier alpha value is -1.28. The second-order valence-electron chi connectivity index (χ2n) is 4.47. The van der Waals surface area contributed by atoms with Crippen molar-refractivity contribution in [3.8, 4) is 5.75 Å². The fourth-order valence-electron chi connectivity index (χ4n) is 1.98. The number of alkyl halides is 1. The number of para-hydroxylation sites is 1. The minimum atomic E-state index is 0.618. The van der Waals surface area contributed by atoms with E-state index in [0.717, 1.165) is 11.1 Å². The zero-order chi connectivity index (χ0) is 13.0. The van der Waals surface area contributed by atoms with Crippen LogP contribution < -0.4 is 4.74 Å². The van der Waals surface area contributed by atoms with Crippen molar-refractivity contribution < 1.29 is 4.74 Å². The number of hydrogen-bond acceptors (Lipinski definition) is 1. The van der Waals surface area contributed by atoms with E-state index in [-0.39, 0.29) is 0 Å². The molecule has 0 aliphatic heterocycles. The van der Waals surface area contributed by atoms with Crippen LogP contribution in [0.5, 0.6) is 5.75 Å². The third-order valence-corrected chi connectivity index (χ3v) is 3.51. The third kappa shape index (κ3) is 3.14. The predicted octanol–water partition coefficient (Wildman–Crippen LogP) is 4.78. The highest BCUT2D eigenvalue weighted by molar-refractivity contribution is 9.08. The van der Waals surface area contributed by atoms with Crippen molar-refractivity contribution in [3.05, 3.63) is 64.7 Å². The zero-order valence-electron chi connectivity index (χ0n) is 10.7. The van der Waals surface area contributed by atoms with Crippen molar-refractivity contribution in [1.29, 1.82) is 0 Å². The molecule has 0 spiro atoms. The maximum Gasteiger partial charge on any atom is 0.126 e. The maximum atomic E-state index is 5.97. The van der Waals surface area contributed by atoms with E-state index in [1.807, 2.05) is 0 Å². The summed E-state index contributed by atoms with van der Waals surface area (Å²) in [6.45, 7) is 4.80. The lowest BCUT2D eigenvalue weighted by Gasteiger charge is -2.13. The molecule has 94 valence electrons. The highest BCUT2D eigenvalue weighted by Crippen LogP contribution is 2.26. The van der Waals surface area contributed by atoms with Crippen LogP contribution in [-0.4, -0.2) is 0 Å². The van der Waals surface area contributed by atoms with E-state index in [1.165, 1.54) is 22.3 Å². The lowest BCUT2D eigenvalue weighted by Crippen LogP contribution is -2.00. The number of aryl methyl sites for hydroxylation is 2. The highest BCUT2D eigenvalue weighted by Gasteiger charge is 2.06. The topological polar surface area (TPSA) is 9.23 Å². The van der Waals surface area contributed by atoms with E-state index < -0.39 is 0 Å². The average molecular weight is 305 g/mol. The van der Waals surface area contributed by atoms with Gasteiger partial charge in [0.1, 0.15) is 12.4 Å². The Kier molecular flexibility index (Phi) is 4.43. The molecule has 0 atom stereocenters. The molecule has 2 aromatic rings. The Balaban J connectivity index is 2.15. The summed E-state index contributed by atoms with van der Waals surface area (Å²) in [5.74, 6) is 0.996. The van der Waals surface area contributed by atoms with Crippen molar-refractivity contribution in [2.45, 2.75) is 25.8 Å². The first-order chi connectivity index (χ1) is 8.70. The molecule has 0 aromatic heterocycles. The van der Waals surface area contributed by atoms with E-state index in [2.05, 4.69) is 72.2 Å². The first-order valence-corrected chi connectivity index (χ1v) is 7.15. The molecule has 0 saturated carbocycles. The van der Waals surface area contributed by atoms with Gasteiger partial charge in [0.15, 0.2) is 0 Å². The van der Waals surface area contributed by atoms with Gasteiger partial charge in [-0.1, -0.05) is 64.0 Å². The van der Waals surface area contributed by atoms with E-state index in [4.69, 9.17) is 4.74 Å². The molecule has 2 rings (SSSR count). The van der Waals surface area contributed by atoms with Gasteiger partial charge < -0.3 is 4.74 Å². The van der Waals surface area contributed by atoms with Crippen molar-refractivity contribution in [2.24, 2.45) is 0 Å². The van der Waals surface area contributed by atoms with Gasteiger partial charge in [-0.05, 0) is 25.0 Å². The van der Waals surface area contributed by atoms with Crippen LogP contribution >= 0.6 is 15.9 Å². The summed E-state index contributed by atoms with van der Waals surface area (Å²) in [5.41, 5.74) is 4.85. The van der Waals surface area contributed by atoms with E-state index in [1.54, 1.807) is 0 Å². The quantitative estimate of drug-likeness (QED) is 0.739. The van der Waals surface area contributed by atoms with Crippen molar-refractivity contribution in [2.75, 3.05) is 0 Å². The van der Waals surface area contributed by atoms with Gasteiger partial charge in [-0.15, -0.1) is 0 Å². The number of benzene rings is 2. The summed E-state index contributed by atoms with van der Waals surface area (Å²) in [6.07, 6.45) is 0. The van der Waals surface area contributed by atoms with Crippen molar-refractivity contribution in [3.63, 3.8) is 0 Å². The normalized spacial score (nSPS) is 10.4. The Morgan fingerprint density at radius 3 is 2.56 bits per heavy atom. The van der Waals surface area contributed by atoms with Gasteiger partial charge in [-0.25, -0.2) is 0 Å². The van der Waals surface area contributed by atoms with E-state index >= 15 is 0 Å². The van der Waals surface area contributed by atoms with E-state index in [9.17, 15) is 0 Å². The van der Waals surface area contributed by atoms with Crippen LogP contribution in [-0.2, 0) is 11.9 Å². The lowest BCUT2D eigenvalue weighted by atomic mass is 10.1. The summed E-state index contributed by atoms with van der Waals surface area (Å²) < 4.78 is 5.97. The molecule has 0 N–H and O–H groups in total. The van der Waals surface area contributed by atoms with Crippen molar-refractivity contribution in [1.82, 2.24) is 0 Å². The van der Waals surface area contributed by atoms with Gasteiger partial charge in [-0.2, -0.15) is 0 Å². The maximum absolute atomic E-state index is 5.97. The van der Waals surface area contributed by atoms with Crippen LogP contribution in [0.25, 0.3) is 0 Å². The molecule has 0 saturated heterocycles. The molecule has 0 aliphatic rings. The van der Waals surface area contributed by atoms with Gasteiger partial charge in [0.2, 0.25) is 0 Å². The van der Waals surface area contributed by atoms with Crippen LogP contribution in [0.2, 0.25) is 0 Å². The Labute approximate surface area is 117 Å². The largest absolute Gasteiger partial charge is 0.488 e. The van der Waals surface area contributed by atoms with Gasteiger partial charge in [0.25, 0.3) is 0 Å². The molecule has 0 aliphatic carbocycles. The lowest BCUT2D eigenvalue weighted by molar-refractivity contribution is 0.302. The minimum absolute atomic E-state index is 0.618. The average Bonchev–Trinajstić information content (AvgIpc) is 2.37. The van der Waals surface area contributed by atoms with Crippen LogP contribution in [0.15, 0.2) is 42.5 Å². The number of hydrogen-bond donors (Lipinski definition) is 0. The molecule has 0 fully saturated rings. The highest BCUT2D eigenvalue weighted by atomic mass is 79.9. The van der Waals surface area contributed by atoms with Crippen LogP contribution in [0.3, 0.4) is 0 Å². The second-order valence-corrected chi connectivity index (χ2v) is 5.04. The molecule has 2 heteroatoms. The fourth-order valence-corrected chi connectivity index (χ4v) is 2.42. The SMILES string of the molecule is Cc1cccc(COc2c(C)cccc2CBr)c1. The molecule has 0 radical (unpaired) electrons. The first-order valence-electron chi connectivity index (χ1n) is 6.03. The van der Waals surface area contributed by atoms with Gasteiger partial charge in [-0.3, -0.25) is 0 Å². The van der Waals surface area contributed by atoms with Gasteiger partial charge >= 0.3 is 0 Å². The molecule has 2 aromatic carbocycles. The Morgan fingerprint density at radius 1 is 1.06 bits per heavy atom. The number of ether oxygens (including phenoxy) is 1. The summed E-state index contributed by atoms with van der Waals surface area (Å²) in [4.78, 5) is 0. The fraction of sp³-hybridized carbons (Fsp3) is 0.250. The molecular formula is C16H17BrO. The van der Waals surface area contributed by atoms with Crippen molar-refractivity contribution >= 4 is 15.9 Å². The number of rotatable bonds is 4. The summed E-state index contributed by atoms with van der Waals surface area (Å²) in [5, 5.41) is 0.817. The van der Waals surface area contributed by atoms with Crippen LogP contribution in [0.4, 0.5) is 0 Å². The van der Waals surface area contributed by atoms with Crippen LogP contribution in [0.1, 0.15) is 22.3 Å². The third-order valence-electron chi connectivity index (χ3n) is 2.90. The van der Waals surface area contributed by atoms with Crippen LogP contribution in [0, 0.1) is 13.8 Å². The number of halogens is 1. The second kappa shape index (κ2) is 6.05. The smallest absolute Gasteiger partial charge is 0.126 e. The molecular weight excluding hydrogens is 288 g/mol. The standard InChI is InChI=1S/C16H17BrO/c1-12-5-3-7-14(9-12)11-18-16-13(2)6-4-8-15(16)10-17/h3-9H,10-11H2,1-2H3. The summed E-state index contributed by atoms with van der Waals surface area (Å²) in [6, 6.07) is 14.7. The van der Waals surface area contributed by atoms with Gasteiger partial charge in [0, 0.05) is 10.9 Å². The Bertz CT molecular complexity index is 534. The minimum Gasteiger partial charge on any atom is -0.488 e. The predicted molar refractivity (Wildman–Crippen MR) is 79.3 cm³/mol. The Morgan fingerprint density at radius 2 is 1.83 bits per heavy atom. The zero-order valence-corrected chi connectivity index (χ0v) is 12.3. The molecule has 18 heavy (non-hydrogen) atoms. The first kappa shape index (κ1) is 13.2. The van der Waals surface area contributed by atoms with Gasteiger partial charge in [0.05, 0.1) is 0 Å². The monoisotopic (exact) mass is 304 g/mol. The van der Waals surface area contributed by atoms with E-state index in [0.29, 0.717) is 6.61 Å². The molecule has 1 nitrogen and oxygen atoms in total. The molecule has 0 unspecified atom stereocenters. The molecule has 0 heterocycles. The summed E-state index contributed by atoms with van der Waals surface area (Å²) in [7, 11) is 0.